The van der Waals surface area contributed by atoms with Gasteiger partial charge in [-0.2, -0.15) is 5.26 Å². The molecule has 2 aromatic carbocycles. The molecule has 0 saturated carbocycles. The zero-order valence-corrected chi connectivity index (χ0v) is 14.2. The van der Waals surface area contributed by atoms with E-state index >= 15 is 0 Å². The number of ether oxygens (including phenoxy) is 1. The number of nitrogens with zero attached hydrogens (tertiary/aromatic N) is 1. The molecule has 0 unspecified atom stereocenters. The summed E-state index contributed by atoms with van der Waals surface area (Å²) >= 11 is 6.02. The Kier molecular flexibility index (Phi) is 6.00. The van der Waals surface area contributed by atoms with Crippen molar-refractivity contribution in [2.75, 3.05) is 5.32 Å². The molecular formula is C19H17ClN2O2. The van der Waals surface area contributed by atoms with E-state index in [0.717, 1.165) is 0 Å². The minimum Gasteiger partial charge on any atom is -0.490 e. The molecule has 1 N–H and O–H groups in total. The molecule has 0 aromatic heterocycles. The molecule has 4 nitrogen and oxygen atoms in total. The molecule has 0 heterocycles. The van der Waals surface area contributed by atoms with Gasteiger partial charge in [-0.1, -0.05) is 41.9 Å². The molecule has 1 amide bonds. The molecule has 122 valence electrons. The van der Waals surface area contributed by atoms with Crippen LogP contribution in [0.1, 0.15) is 19.4 Å². The Balaban J connectivity index is 2.28. The van der Waals surface area contributed by atoms with Crippen LogP contribution in [-0.2, 0) is 4.79 Å². The van der Waals surface area contributed by atoms with Gasteiger partial charge in [0.05, 0.1) is 16.8 Å². The van der Waals surface area contributed by atoms with Gasteiger partial charge in [-0.3, -0.25) is 4.79 Å². The number of nitrogens with one attached hydrogen (secondary N) is 1. The quantitative estimate of drug-likeness (QED) is 0.635. The normalized spacial score (nSPS) is 11.0. The Labute approximate surface area is 146 Å². The molecular weight excluding hydrogens is 324 g/mol. The number of anilines is 1. The standard InChI is InChI=1S/C19H17ClN2O2/c1-13(2)24-18-10-6-3-7-14(18)11-15(12-21)19(23)22-17-9-5-4-8-16(17)20/h3-11,13H,1-2H3,(H,22,23). The van der Waals surface area contributed by atoms with E-state index in [9.17, 15) is 10.1 Å². The Morgan fingerprint density at radius 1 is 1.21 bits per heavy atom. The van der Waals surface area contributed by atoms with Crippen LogP contribution >= 0.6 is 11.6 Å². The van der Waals surface area contributed by atoms with Crippen molar-refractivity contribution in [2.24, 2.45) is 0 Å². The van der Waals surface area contributed by atoms with Crippen molar-refractivity contribution in [3.8, 4) is 11.8 Å². The first-order valence-corrected chi connectivity index (χ1v) is 7.82. The number of carbonyl (C=O) groups excluding carboxylic acids is 1. The molecule has 0 bridgehead atoms. The van der Waals surface area contributed by atoms with Gasteiger partial charge >= 0.3 is 0 Å². The van der Waals surface area contributed by atoms with Crippen molar-refractivity contribution in [1.29, 1.82) is 5.26 Å². The predicted octanol–water partition coefficient (Wildman–Crippen LogP) is 4.67. The van der Waals surface area contributed by atoms with Gasteiger partial charge in [0.2, 0.25) is 0 Å². The molecule has 0 aliphatic carbocycles. The van der Waals surface area contributed by atoms with Crippen molar-refractivity contribution in [3.05, 3.63) is 64.7 Å². The van der Waals surface area contributed by atoms with Gasteiger partial charge in [-0.25, -0.2) is 0 Å². The Morgan fingerprint density at radius 2 is 1.88 bits per heavy atom. The fourth-order valence-electron chi connectivity index (χ4n) is 2.02. The Hall–Kier alpha value is -2.77. The van der Waals surface area contributed by atoms with Gasteiger partial charge in [0, 0.05) is 5.56 Å². The lowest BCUT2D eigenvalue weighted by Crippen LogP contribution is -2.14. The van der Waals surface area contributed by atoms with Crippen LogP contribution in [0.15, 0.2) is 54.1 Å². The second-order valence-electron chi connectivity index (χ2n) is 5.31. The highest BCUT2D eigenvalue weighted by Crippen LogP contribution is 2.24. The summed E-state index contributed by atoms with van der Waals surface area (Å²) in [6, 6.07) is 16.0. The van der Waals surface area contributed by atoms with Crippen LogP contribution in [-0.4, -0.2) is 12.0 Å². The van der Waals surface area contributed by atoms with Crippen molar-refractivity contribution in [1.82, 2.24) is 0 Å². The summed E-state index contributed by atoms with van der Waals surface area (Å²) in [5.41, 5.74) is 1.09. The minimum atomic E-state index is -0.523. The number of nitriles is 1. The fraction of sp³-hybridized carbons (Fsp3) is 0.158. The van der Waals surface area contributed by atoms with Gasteiger partial charge in [-0.05, 0) is 38.1 Å². The summed E-state index contributed by atoms with van der Waals surface area (Å²) in [5, 5.41) is 12.4. The molecule has 0 aliphatic rings. The van der Waals surface area contributed by atoms with E-state index in [1.165, 1.54) is 6.08 Å². The minimum absolute atomic E-state index is 0.0120. The molecule has 0 radical (unpaired) electrons. The zero-order valence-electron chi connectivity index (χ0n) is 13.4. The van der Waals surface area contributed by atoms with Crippen molar-refractivity contribution < 1.29 is 9.53 Å². The maximum absolute atomic E-state index is 12.3. The van der Waals surface area contributed by atoms with Crippen molar-refractivity contribution in [3.63, 3.8) is 0 Å². The highest BCUT2D eigenvalue weighted by atomic mass is 35.5. The largest absolute Gasteiger partial charge is 0.490 e. The maximum atomic E-state index is 12.3. The summed E-state index contributed by atoms with van der Waals surface area (Å²) < 4.78 is 5.70. The first-order chi connectivity index (χ1) is 11.5. The van der Waals surface area contributed by atoms with Gasteiger partial charge in [0.1, 0.15) is 17.4 Å². The second-order valence-corrected chi connectivity index (χ2v) is 5.72. The second kappa shape index (κ2) is 8.19. The van der Waals surface area contributed by atoms with Crippen molar-refractivity contribution >= 4 is 29.3 Å². The number of amides is 1. The Bertz CT molecular complexity index is 807. The van der Waals surface area contributed by atoms with Crippen LogP contribution in [0.2, 0.25) is 5.02 Å². The Morgan fingerprint density at radius 3 is 2.54 bits per heavy atom. The average molecular weight is 341 g/mol. The van der Waals surface area contributed by atoms with Crippen LogP contribution in [0, 0.1) is 11.3 Å². The number of para-hydroxylation sites is 2. The first-order valence-electron chi connectivity index (χ1n) is 7.44. The van der Waals surface area contributed by atoms with E-state index in [1.54, 1.807) is 36.4 Å². The highest BCUT2D eigenvalue weighted by molar-refractivity contribution is 6.34. The summed E-state index contributed by atoms with van der Waals surface area (Å²) in [4.78, 5) is 12.3. The highest BCUT2D eigenvalue weighted by Gasteiger charge is 2.13. The number of hydrogen-bond donors (Lipinski definition) is 1. The van der Waals surface area contributed by atoms with E-state index in [2.05, 4.69) is 5.32 Å². The summed E-state index contributed by atoms with van der Waals surface area (Å²) in [7, 11) is 0. The number of benzene rings is 2. The lowest BCUT2D eigenvalue weighted by atomic mass is 10.1. The first kappa shape index (κ1) is 17.6. The molecule has 0 fully saturated rings. The number of carbonyl (C=O) groups is 1. The van der Waals surface area contributed by atoms with Gasteiger partial charge in [0.15, 0.2) is 0 Å². The SMILES string of the molecule is CC(C)Oc1ccccc1C=C(C#N)C(=O)Nc1ccccc1Cl. The van der Waals surface area contributed by atoms with E-state index < -0.39 is 5.91 Å². The van der Waals surface area contributed by atoms with E-state index in [0.29, 0.717) is 22.0 Å². The average Bonchev–Trinajstić information content (AvgIpc) is 2.55. The zero-order chi connectivity index (χ0) is 17.5. The molecule has 0 aliphatic heterocycles. The summed E-state index contributed by atoms with van der Waals surface area (Å²) in [5.74, 6) is 0.0933. The topological polar surface area (TPSA) is 62.1 Å². The van der Waals surface area contributed by atoms with Crippen LogP contribution in [0.3, 0.4) is 0 Å². The summed E-state index contributed by atoms with van der Waals surface area (Å²) in [6.45, 7) is 3.83. The molecule has 2 aromatic rings. The summed E-state index contributed by atoms with van der Waals surface area (Å²) in [6.07, 6.45) is 1.49. The predicted molar refractivity (Wildman–Crippen MR) is 95.9 cm³/mol. The number of halogens is 1. The van der Waals surface area contributed by atoms with Crippen LogP contribution in [0.25, 0.3) is 6.08 Å². The lowest BCUT2D eigenvalue weighted by molar-refractivity contribution is -0.112. The third-order valence-corrected chi connectivity index (χ3v) is 3.40. The lowest BCUT2D eigenvalue weighted by Gasteiger charge is -2.12. The third-order valence-electron chi connectivity index (χ3n) is 3.07. The molecule has 5 heteroatoms. The molecule has 0 saturated heterocycles. The molecule has 2 rings (SSSR count). The maximum Gasteiger partial charge on any atom is 0.266 e. The fourth-order valence-corrected chi connectivity index (χ4v) is 2.20. The number of rotatable bonds is 5. The van der Waals surface area contributed by atoms with Crippen LogP contribution in [0.4, 0.5) is 5.69 Å². The van der Waals surface area contributed by atoms with Gasteiger partial charge in [0.25, 0.3) is 5.91 Å². The van der Waals surface area contributed by atoms with Gasteiger partial charge in [-0.15, -0.1) is 0 Å². The molecule has 0 spiro atoms. The smallest absolute Gasteiger partial charge is 0.266 e. The third kappa shape index (κ3) is 4.61. The van der Waals surface area contributed by atoms with E-state index in [4.69, 9.17) is 16.3 Å². The van der Waals surface area contributed by atoms with Crippen molar-refractivity contribution in [2.45, 2.75) is 20.0 Å². The van der Waals surface area contributed by atoms with Crippen LogP contribution in [0.5, 0.6) is 5.75 Å². The van der Waals surface area contributed by atoms with Crippen LogP contribution < -0.4 is 10.1 Å². The monoisotopic (exact) mass is 340 g/mol. The van der Waals surface area contributed by atoms with E-state index in [1.807, 2.05) is 32.0 Å². The molecule has 0 atom stereocenters. The van der Waals surface area contributed by atoms with E-state index in [-0.39, 0.29) is 11.7 Å². The van der Waals surface area contributed by atoms with Gasteiger partial charge < -0.3 is 10.1 Å². The molecule has 24 heavy (non-hydrogen) atoms. The number of hydrogen-bond acceptors (Lipinski definition) is 3.